The zero-order valence-electron chi connectivity index (χ0n) is 17.7. The van der Waals surface area contributed by atoms with E-state index < -0.39 is 36.1 Å². The number of halogens is 3. The van der Waals surface area contributed by atoms with Gasteiger partial charge in [-0.05, 0) is 32.4 Å². The van der Waals surface area contributed by atoms with Crippen molar-refractivity contribution in [2.45, 2.75) is 38.3 Å². The van der Waals surface area contributed by atoms with Gasteiger partial charge in [0.2, 0.25) is 0 Å². The highest BCUT2D eigenvalue weighted by Gasteiger charge is 2.35. The molecule has 1 aliphatic rings. The van der Waals surface area contributed by atoms with Crippen molar-refractivity contribution in [1.29, 1.82) is 0 Å². The molecule has 3 N–H and O–H groups in total. The maximum Gasteiger partial charge on any atom is 0.298 e. The number of hydrogen-bond acceptors (Lipinski definition) is 7. The van der Waals surface area contributed by atoms with Crippen LogP contribution in [-0.4, -0.2) is 51.2 Å². The fourth-order valence-corrected chi connectivity index (χ4v) is 3.94. The maximum absolute atomic E-state index is 14.9. The van der Waals surface area contributed by atoms with Gasteiger partial charge < -0.3 is 20.4 Å². The molecule has 1 saturated heterocycles. The molecule has 10 heteroatoms. The third-order valence-corrected chi connectivity index (χ3v) is 5.74. The molecule has 7 nitrogen and oxygen atoms in total. The van der Waals surface area contributed by atoms with Crippen molar-refractivity contribution >= 4 is 22.4 Å². The van der Waals surface area contributed by atoms with E-state index in [1.807, 2.05) is 11.0 Å². The van der Waals surface area contributed by atoms with Crippen molar-refractivity contribution in [2.24, 2.45) is 0 Å². The largest absolute Gasteiger partial charge is 0.391 e. The Labute approximate surface area is 182 Å². The van der Waals surface area contributed by atoms with Crippen molar-refractivity contribution in [2.75, 3.05) is 29.9 Å². The predicted molar refractivity (Wildman–Crippen MR) is 114 cm³/mol. The van der Waals surface area contributed by atoms with Crippen molar-refractivity contribution in [3.63, 3.8) is 0 Å². The molecule has 32 heavy (non-hydrogen) atoms. The Morgan fingerprint density at radius 1 is 1.31 bits per heavy atom. The highest BCUT2D eigenvalue weighted by Crippen LogP contribution is 2.34. The minimum Gasteiger partial charge on any atom is -0.391 e. The summed E-state index contributed by atoms with van der Waals surface area (Å²) in [6, 6.07) is 4.85. The van der Waals surface area contributed by atoms with Gasteiger partial charge in [-0.25, -0.2) is 4.39 Å². The molecule has 3 heterocycles. The highest BCUT2D eigenvalue weighted by molar-refractivity contribution is 5.92. The normalized spacial score (nSPS) is 17.7. The number of aryl methyl sites for hydroxylation is 1. The molecular weight excluding hydrogens is 423 g/mol. The second-order valence-electron chi connectivity index (χ2n) is 8.05. The first kappa shape index (κ1) is 22.2. The van der Waals surface area contributed by atoms with Gasteiger partial charge in [0.15, 0.2) is 5.82 Å². The molecule has 1 aromatic carbocycles. The maximum atomic E-state index is 14.9. The Balaban J connectivity index is 1.70. The predicted octanol–water partition coefficient (Wildman–Crippen LogP) is 3.30. The molecule has 2 aromatic heterocycles. The number of aliphatic hydroxyl groups excluding tert-OH is 2. The topological polar surface area (TPSA) is 94.4 Å². The van der Waals surface area contributed by atoms with Crippen LogP contribution in [-0.2, 0) is 5.92 Å². The van der Waals surface area contributed by atoms with Crippen LogP contribution in [0.4, 0.5) is 24.7 Å². The summed E-state index contributed by atoms with van der Waals surface area (Å²) in [6.07, 6.45) is 1.98. The third-order valence-electron chi connectivity index (χ3n) is 5.74. The lowest BCUT2D eigenvalue weighted by Crippen LogP contribution is -2.22. The lowest BCUT2D eigenvalue weighted by molar-refractivity contribution is -0.0583. The van der Waals surface area contributed by atoms with Crippen molar-refractivity contribution < 1.29 is 23.4 Å². The Morgan fingerprint density at radius 2 is 2.09 bits per heavy atom. The molecule has 0 saturated carbocycles. The van der Waals surface area contributed by atoms with Crippen LogP contribution in [0.2, 0.25) is 0 Å². The average Bonchev–Trinajstić information content (AvgIpc) is 3.21. The number of benzene rings is 1. The molecule has 170 valence electrons. The summed E-state index contributed by atoms with van der Waals surface area (Å²) in [6.45, 7) is 3.11. The van der Waals surface area contributed by atoms with E-state index in [1.54, 1.807) is 20.0 Å². The number of pyridine rings is 1. The second kappa shape index (κ2) is 8.51. The van der Waals surface area contributed by atoms with Gasteiger partial charge in [-0.15, -0.1) is 5.10 Å². The Hall–Kier alpha value is -2.98. The summed E-state index contributed by atoms with van der Waals surface area (Å²) in [5.41, 5.74) is 1.19. The van der Waals surface area contributed by atoms with Crippen LogP contribution in [0.15, 0.2) is 30.5 Å². The molecule has 0 radical (unpaired) electrons. The minimum absolute atomic E-state index is 0.0120. The Morgan fingerprint density at radius 3 is 2.78 bits per heavy atom. The molecule has 4 rings (SSSR count). The van der Waals surface area contributed by atoms with Crippen LogP contribution in [0.25, 0.3) is 10.9 Å². The standard InChI is InChI=1S/C22H24F3N5O2/c1-12(16-4-3-5-18(19(16)23)22(24,25)11-31)27-21-17-8-14(30-7-6-15(32)10-30)9-26-20(17)13(2)28-29-21/h3-5,8-9,12,15,31-32H,6-7,10-11H2,1-2H3,(H,27,29)/t12-,15+/m1/s1. The van der Waals surface area contributed by atoms with Gasteiger partial charge >= 0.3 is 0 Å². The van der Waals surface area contributed by atoms with Crippen LogP contribution < -0.4 is 10.2 Å². The summed E-state index contributed by atoms with van der Waals surface area (Å²) < 4.78 is 42.7. The highest BCUT2D eigenvalue weighted by atomic mass is 19.3. The van der Waals surface area contributed by atoms with Gasteiger partial charge in [-0.1, -0.05) is 12.1 Å². The van der Waals surface area contributed by atoms with Crippen LogP contribution in [0.5, 0.6) is 0 Å². The second-order valence-corrected chi connectivity index (χ2v) is 8.05. The summed E-state index contributed by atoms with van der Waals surface area (Å²) in [5.74, 6) is -4.43. The zero-order chi connectivity index (χ0) is 23.0. The Bertz CT molecular complexity index is 1140. The fourth-order valence-electron chi connectivity index (χ4n) is 3.94. The quantitative estimate of drug-likeness (QED) is 0.534. The molecule has 0 spiro atoms. The summed E-state index contributed by atoms with van der Waals surface area (Å²) in [7, 11) is 0. The summed E-state index contributed by atoms with van der Waals surface area (Å²) in [4.78, 5) is 6.51. The number of nitrogens with one attached hydrogen (secondary N) is 1. The van der Waals surface area contributed by atoms with Gasteiger partial charge in [0.25, 0.3) is 5.92 Å². The zero-order valence-corrected chi connectivity index (χ0v) is 17.7. The van der Waals surface area contributed by atoms with E-state index in [-0.39, 0.29) is 5.56 Å². The number of nitrogens with zero attached hydrogens (tertiary/aromatic N) is 4. The lowest BCUT2D eigenvalue weighted by atomic mass is 10.00. The first-order chi connectivity index (χ1) is 15.2. The number of β-amino-alcohol motifs (C(OH)–C–C–N with tert-alkyl or cyclic N) is 1. The van der Waals surface area contributed by atoms with Crippen LogP contribution in [0.3, 0.4) is 0 Å². The van der Waals surface area contributed by atoms with E-state index in [9.17, 15) is 18.3 Å². The fraction of sp³-hybridized carbons (Fsp3) is 0.409. The van der Waals surface area contributed by atoms with Crippen LogP contribution >= 0.6 is 0 Å². The van der Waals surface area contributed by atoms with E-state index in [2.05, 4.69) is 20.5 Å². The molecular formula is C22H24F3N5O2. The molecule has 1 aliphatic heterocycles. The summed E-state index contributed by atoms with van der Waals surface area (Å²) >= 11 is 0. The number of alkyl halides is 2. The molecule has 1 fully saturated rings. The third kappa shape index (κ3) is 4.07. The number of rotatable bonds is 6. The number of fused-ring (bicyclic) bond motifs is 1. The number of aromatic nitrogens is 3. The van der Waals surface area contributed by atoms with Crippen LogP contribution in [0.1, 0.15) is 36.2 Å². The minimum atomic E-state index is -3.69. The molecule has 3 aromatic rings. The molecule has 0 amide bonds. The number of aliphatic hydroxyl groups is 2. The molecule has 0 bridgehead atoms. The number of anilines is 2. The van der Waals surface area contributed by atoms with Crippen molar-refractivity contribution in [3.05, 3.63) is 53.1 Å². The molecule has 0 unspecified atom stereocenters. The SMILES string of the molecule is Cc1nnc(N[C@H](C)c2cccc(C(F)(F)CO)c2F)c2cc(N3CC[C@H](O)C3)cnc12. The van der Waals surface area contributed by atoms with Gasteiger partial charge in [-0.2, -0.15) is 13.9 Å². The van der Waals surface area contributed by atoms with Gasteiger partial charge in [0.05, 0.1) is 40.8 Å². The monoisotopic (exact) mass is 447 g/mol. The van der Waals surface area contributed by atoms with E-state index in [1.165, 1.54) is 12.1 Å². The first-order valence-electron chi connectivity index (χ1n) is 10.3. The smallest absolute Gasteiger partial charge is 0.298 e. The van der Waals surface area contributed by atoms with E-state index in [4.69, 9.17) is 5.11 Å². The van der Waals surface area contributed by atoms with Gasteiger partial charge in [-0.3, -0.25) is 4.98 Å². The lowest BCUT2D eigenvalue weighted by Gasteiger charge is -2.21. The van der Waals surface area contributed by atoms with E-state index >= 15 is 0 Å². The Kier molecular flexibility index (Phi) is 5.91. The molecule has 2 atom stereocenters. The molecule has 0 aliphatic carbocycles. The van der Waals surface area contributed by atoms with Gasteiger partial charge in [0, 0.05) is 24.0 Å². The van der Waals surface area contributed by atoms with Crippen LogP contribution in [0, 0.1) is 12.7 Å². The van der Waals surface area contributed by atoms with Gasteiger partial charge in [0.1, 0.15) is 12.4 Å². The summed E-state index contributed by atoms with van der Waals surface area (Å²) in [5, 5.41) is 30.8. The number of hydrogen-bond donors (Lipinski definition) is 3. The first-order valence-corrected chi connectivity index (χ1v) is 10.3. The van der Waals surface area contributed by atoms with E-state index in [0.717, 1.165) is 11.8 Å². The van der Waals surface area contributed by atoms with Crippen molar-refractivity contribution in [1.82, 2.24) is 15.2 Å². The van der Waals surface area contributed by atoms with E-state index in [0.29, 0.717) is 41.9 Å². The van der Waals surface area contributed by atoms with Crippen molar-refractivity contribution in [3.8, 4) is 0 Å². The average molecular weight is 447 g/mol.